The molecule has 2 aromatic carbocycles. The second kappa shape index (κ2) is 7.14. The summed E-state index contributed by atoms with van der Waals surface area (Å²) < 4.78 is 25.4. The summed E-state index contributed by atoms with van der Waals surface area (Å²) >= 11 is 0. The van der Waals surface area contributed by atoms with Crippen LogP contribution in [0.25, 0.3) is 10.8 Å². The predicted octanol–water partition coefficient (Wildman–Crippen LogP) is 2.86. The van der Waals surface area contributed by atoms with Gasteiger partial charge in [0.05, 0.1) is 5.75 Å². The first kappa shape index (κ1) is 17.9. The van der Waals surface area contributed by atoms with E-state index in [1.165, 1.54) is 4.31 Å². The molecule has 0 saturated carbocycles. The molecule has 6 heteroatoms. The van der Waals surface area contributed by atoms with Gasteiger partial charge < -0.3 is 4.90 Å². The first-order valence-electron chi connectivity index (χ1n) is 8.66. The van der Waals surface area contributed by atoms with Gasteiger partial charge in [0.15, 0.2) is 0 Å². The number of hydrogen-bond donors (Lipinski definition) is 0. The highest BCUT2D eigenvalue weighted by Gasteiger charge is 2.31. The molecule has 1 amide bonds. The van der Waals surface area contributed by atoms with Crippen molar-refractivity contribution in [2.45, 2.75) is 19.8 Å². The molecule has 1 fully saturated rings. The molecule has 0 N–H and O–H groups in total. The zero-order chi connectivity index (χ0) is 18.0. The fraction of sp³-hybridized carbons (Fsp3) is 0.421. The molecule has 1 aliphatic heterocycles. The Morgan fingerprint density at radius 3 is 2.40 bits per heavy atom. The van der Waals surface area contributed by atoms with Crippen LogP contribution < -0.4 is 4.90 Å². The molecule has 25 heavy (non-hydrogen) atoms. The summed E-state index contributed by atoms with van der Waals surface area (Å²) in [4.78, 5) is 14.5. The minimum atomic E-state index is -3.16. The number of sulfonamides is 1. The van der Waals surface area contributed by atoms with Crippen LogP contribution >= 0.6 is 0 Å². The van der Waals surface area contributed by atoms with E-state index < -0.39 is 10.0 Å². The molecule has 0 radical (unpaired) electrons. The molecule has 0 spiro atoms. The van der Waals surface area contributed by atoms with Crippen molar-refractivity contribution in [2.75, 3.05) is 30.8 Å². The van der Waals surface area contributed by atoms with Crippen molar-refractivity contribution in [2.24, 2.45) is 5.92 Å². The standard InChI is InChI=1S/C19H24N2O3S/c1-3-25(23,24)21-12-10-16(11-13-21)19(22)20(2)18-9-8-15-6-4-5-7-17(15)14-18/h4-9,14,16H,3,10-13H2,1-2H3. The summed E-state index contributed by atoms with van der Waals surface area (Å²) in [5.74, 6) is 0.0476. The number of rotatable bonds is 4. The number of piperidine rings is 1. The molecule has 1 saturated heterocycles. The molecule has 0 unspecified atom stereocenters. The molecule has 1 aliphatic rings. The second-order valence-electron chi connectivity index (χ2n) is 6.50. The maximum Gasteiger partial charge on any atom is 0.229 e. The van der Waals surface area contributed by atoms with Gasteiger partial charge in [-0.1, -0.05) is 30.3 Å². The van der Waals surface area contributed by atoms with Crippen LogP contribution in [-0.2, 0) is 14.8 Å². The second-order valence-corrected chi connectivity index (χ2v) is 8.76. The number of anilines is 1. The van der Waals surface area contributed by atoms with Gasteiger partial charge in [-0.05, 0) is 42.7 Å². The zero-order valence-corrected chi connectivity index (χ0v) is 15.5. The Balaban J connectivity index is 1.70. The van der Waals surface area contributed by atoms with Crippen molar-refractivity contribution in [1.82, 2.24) is 4.31 Å². The van der Waals surface area contributed by atoms with Gasteiger partial charge in [-0.25, -0.2) is 12.7 Å². The topological polar surface area (TPSA) is 57.7 Å². The lowest BCUT2D eigenvalue weighted by Crippen LogP contribution is -2.44. The van der Waals surface area contributed by atoms with Crippen LogP contribution in [0.3, 0.4) is 0 Å². The Kier molecular flexibility index (Phi) is 5.11. The summed E-state index contributed by atoms with van der Waals surface area (Å²) in [6, 6.07) is 14.1. The van der Waals surface area contributed by atoms with Gasteiger partial charge in [0.25, 0.3) is 0 Å². The third-order valence-electron chi connectivity index (χ3n) is 5.01. The van der Waals surface area contributed by atoms with E-state index in [2.05, 4.69) is 0 Å². The molecule has 0 bridgehead atoms. The van der Waals surface area contributed by atoms with Crippen LogP contribution in [0.4, 0.5) is 5.69 Å². The Bertz CT molecular complexity index is 871. The smallest absolute Gasteiger partial charge is 0.229 e. The maximum absolute atomic E-state index is 12.8. The van der Waals surface area contributed by atoms with E-state index in [0.29, 0.717) is 25.9 Å². The molecule has 5 nitrogen and oxygen atoms in total. The first-order chi connectivity index (χ1) is 11.9. The van der Waals surface area contributed by atoms with Crippen molar-refractivity contribution in [1.29, 1.82) is 0 Å². The lowest BCUT2D eigenvalue weighted by atomic mass is 9.96. The molecule has 0 aliphatic carbocycles. The zero-order valence-electron chi connectivity index (χ0n) is 14.7. The summed E-state index contributed by atoms with van der Waals surface area (Å²) in [6.07, 6.45) is 1.16. The highest BCUT2D eigenvalue weighted by molar-refractivity contribution is 7.89. The van der Waals surface area contributed by atoms with E-state index in [1.54, 1.807) is 18.9 Å². The van der Waals surface area contributed by atoms with Gasteiger partial charge in [0, 0.05) is 31.7 Å². The van der Waals surface area contributed by atoms with Crippen molar-refractivity contribution in [3.8, 4) is 0 Å². The lowest BCUT2D eigenvalue weighted by molar-refractivity contribution is -0.123. The van der Waals surface area contributed by atoms with Crippen molar-refractivity contribution in [3.63, 3.8) is 0 Å². The third kappa shape index (κ3) is 3.70. The molecule has 3 rings (SSSR count). The lowest BCUT2D eigenvalue weighted by Gasteiger charge is -2.32. The van der Waals surface area contributed by atoms with E-state index in [0.717, 1.165) is 16.5 Å². The predicted molar refractivity (Wildman–Crippen MR) is 101 cm³/mol. The van der Waals surface area contributed by atoms with Gasteiger partial charge in [0.2, 0.25) is 15.9 Å². The first-order valence-corrected chi connectivity index (χ1v) is 10.3. The van der Waals surface area contributed by atoms with Crippen molar-refractivity contribution in [3.05, 3.63) is 42.5 Å². The van der Waals surface area contributed by atoms with E-state index in [4.69, 9.17) is 0 Å². The van der Waals surface area contributed by atoms with Gasteiger partial charge in [-0.3, -0.25) is 4.79 Å². The molecule has 1 heterocycles. The number of fused-ring (bicyclic) bond motifs is 1. The normalized spacial score (nSPS) is 16.9. The number of carbonyl (C=O) groups is 1. The summed E-state index contributed by atoms with van der Waals surface area (Å²) in [5.41, 5.74) is 0.868. The van der Waals surface area contributed by atoms with E-state index in [1.807, 2.05) is 42.5 Å². The highest BCUT2D eigenvalue weighted by Crippen LogP contribution is 2.26. The summed E-state index contributed by atoms with van der Waals surface area (Å²) in [7, 11) is -1.37. The molecule has 0 aromatic heterocycles. The minimum Gasteiger partial charge on any atom is -0.315 e. The van der Waals surface area contributed by atoms with Crippen molar-refractivity contribution < 1.29 is 13.2 Å². The third-order valence-corrected chi connectivity index (χ3v) is 6.89. The Morgan fingerprint density at radius 2 is 1.76 bits per heavy atom. The van der Waals surface area contributed by atoms with Crippen LogP contribution in [0.5, 0.6) is 0 Å². The monoisotopic (exact) mass is 360 g/mol. The Morgan fingerprint density at radius 1 is 1.12 bits per heavy atom. The molecular weight excluding hydrogens is 336 g/mol. The van der Waals surface area contributed by atoms with Crippen molar-refractivity contribution >= 4 is 32.4 Å². The fourth-order valence-corrected chi connectivity index (χ4v) is 4.48. The number of hydrogen-bond acceptors (Lipinski definition) is 3. The molecule has 134 valence electrons. The maximum atomic E-state index is 12.8. The number of nitrogens with zero attached hydrogens (tertiary/aromatic N) is 2. The Labute approximate surface area is 149 Å². The molecular formula is C19H24N2O3S. The van der Waals surface area contributed by atoms with Crippen LogP contribution in [-0.4, -0.2) is 44.5 Å². The minimum absolute atomic E-state index is 0.0591. The largest absolute Gasteiger partial charge is 0.315 e. The Hall–Kier alpha value is -1.92. The van der Waals surface area contributed by atoms with Gasteiger partial charge in [-0.15, -0.1) is 0 Å². The van der Waals surface area contributed by atoms with Gasteiger partial charge in [0.1, 0.15) is 0 Å². The number of carbonyl (C=O) groups excluding carboxylic acids is 1. The van der Waals surface area contributed by atoms with Gasteiger partial charge in [-0.2, -0.15) is 0 Å². The summed E-state index contributed by atoms with van der Waals surface area (Å²) in [6.45, 7) is 2.51. The van der Waals surface area contributed by atoms with Crippen LogP contribution in [0.15, 0.2) is 42.5 Å². The van der Waals surface area contributed by atoms with E-state index >= 15 is 0 Å². The average Bonchev–Trinajstić information content (AvgIpc) is 2.66. The highest BCUT2D eigenvalue weighted by atomic mass is 32.2. The van der Waals surface area contributed by atoms with E-state index in [9.17, 15) is 13.2 Å². The quantitative estimate of drug-likeness (QED) is 0.842. The number of benzene rings is 2. The summed E-state index contributed by atoms with van der Waals surface area (Å²) in [5, 5.41) is 2.24. The van der Waals surface area contributed by atoms with Crippen LogP contribution in [0.2, 0.25) is 0 Å². The van der Waals surface area contributed by atoms with E-state index in [-0.39, 0.29) is 17.6 Å². The SMILES string of the molecule is CCS(=O)(=O)N1CCC(C(=O)N(C)c2ccc3ccccc3c2)CC1. The molecule has 0 atom stereocenters. The van der Waals surface area contributed by atoms with Gasteiger partial charge >= 0.3 is 0 Å². The number of amides is 1. The fourth-order valence-electron chi connectivity index (χ4n) is 3.35. The average molecular weight is 360 g/mol. The van der Waals surface area contributed by atoms with Crippen LogP contribution in [0.1, 0.15) is 19.8 Å². The van der Waals surface area contributed by atoms with Crippen LogP contribution in [0, 0.1) is 5.92 Å². The molecule has 2 aromatic rings.